The first-order valence-corrected chi connectivity index (χ1v) is 15.7. The molecule has 0 radical (unpaired) electrons. The average molecular weight is 596 g/mol. The van der Waals surface area contributed by atoms with E-state index in [1.807, 2.05) is 36.4 Å². The van der Waals surface area contributed by atoms with Crippen LogP contribution in [0, 0.1) is 0 Å². The number of aliphatic hydroxyl groups is 3. The normalized spacial score (nSPS) is 15.1. The van der Waals surface area contributed by atoms with Gasteiger partial charge in [-0.1, -0.05) is 38.0 Å². The molecule has 3 rings (SSSR count). The van der Waals surface area contributed by atoms with Crippen LogP contribution in [0.2, 0.25) is 0 Å². The zero-order valence-corrected chi connectivity index (χ0v) is 25.7. The topological polar surface area (TPSA) is 155 Å². The van der Waals surface area contributed by atoms with E-state index in [-0.39, 0.29) is 17.7 Å². The predicted octanol–water partition coefficient (Wildman–Crippen LogP) is 4.48. The molecule has 0 aliphatic carbocycles. The number of nitrogens with two attached hydrogens (primary N) is 1. The van der Waals surface area contributed by atoms with E-state index >= 15 is 0 Å². The maximum atomic E-state index is 10.6. The zero-order valence-electron chi connectivity index (χ0n) is 25.7. The van der Waals surface area contributed by atoms with Crippen molar-refractivity contribution in [2.24, 2.45) is 0 Å². The van der Waals surface area contributed by atoms with E-state index in [2.05, 4.69) is 22.2 Å². The quantitative estimate of drug-likeness (QED) is 0.105. The molecule has 7 N–H and O–H groups in total. The molecule has 43 heavy (non-hydrogen) atoms. The van der Waals surface area contributed by atoms with E-state index in [4.69, 9.17) is 10.5 Å². The van der Waals surface area contributed by atoms with Gasteiger partial charge in [-0.05, 0) is 99.6 Å². The summed E-state index contributed by atoms with van der Waals surface area (Å²) in [6.45, 7) is 4.85. The number of hydrogen-bond acceptors (Lipinski definition) is 8. The van der Waals surface area contributed by atoms with Crippen LogP contribution in [0.15, 0.2) is 54.9 Å². The molecule has 0 spiro atoms. The van der Waals surface area contributed by atoms with E-state index in [9.17, 15) is 20.4 Å². The van der Waals surface area contributed by atoms with Gasteiger partial charge in [-0.3, -0.25) is 0 Å². The Morgan fingerprint density at radius 3 is 2.53 bits per heavy atom. The van der Waals surface area contributed by atoms with Crippen molar-refractivity contribution in [3.63, 3.8) is 0 Å². The van der Waals surface area contributed by atoms with Crippen LogP contribution in [0.1, 0.15) is 88.0 Å². The van der Waals surface area contributed by atoms with Gasteiger partial charge in [0.2, 0.25) is 0 Å². The summed E-state index contributed by atoms with van der Waals surface area (Å²) in [7, 11) is 0. The van der Waals surface area contributed by atoms with Crippen LogP contribution in [0.25, 0.3) is 0 Å². The Bertz CT molecular complexity index is 1170. The molecule has 0 amide bonds. The standard InChI is InChI=1S/C34H51N4O5/c1-3-4-6-28(38-23-24(2)39)10-12-31(41)22-30(40)11-8-25-9-13-32(42)33(19-25)43-18-15-27(20-29-7-5-16-36-29)26-14-17-37-34(35)21-26/h5,7,9,13-14,16-17,19,21,24,27-28,30-31,38-42H,3-4,6,8,10-12,15,18,20,22-23H2,1-2H3,(H2,35,37)/q-1/t24-,27+,28+,30+,31-/m0/s1. The lowest BCUT2D eigenvalue weighted by atomic mass is 9.92. The Morgan fingerprint density at radius 1 is 1.00 bits per heavy atom. The first kappa shape index (κ1) is 34.4. The van der Waals surface area contributed by atoms with Crippen LogP contribution in [0.5, 0.6) is 11.5 Å². The van der Waals surface area contributed by atoms with Crippen LogP contribution in [-0.2, 0) is 12.8 Å². The largest absolute Gasteiger partial charge is 0.668 e. The van der Waals surface area contributed by atoms with Crippen LogP contribution in [0.4, 0.5) is 5.82 Å². The Balaban J connectivity index is 1.47. The van der Waals surface area contributed by atoms with Crippen molar-refractivity contribution < 1.29 is 25.2 Å². The predicted molar refractivity (Wildman–Crippen MR) is 170 cm³/mol. The van der Waals surface area contributed by atoms with Crippen molar-refractivity contribution >= 4 is 5.82 Å². The zero-order chi connectivity index (χ0) is 31.0. The minimum atomic E-state index is -0.633. The molecule has 9 heteroatoms. The molecule has 9 nitrogen and oxygen atoms in total. The number of aromatic nitrogens is 2. The van der Waals surface area contributed by atoms with Crippen molar-refractivity contribution in [3.05, 3.63) is 71.7 Å². The summed E-state index contributed by atoms with van der Waals surface area (Å²) in [6.07, 6.45) is 9.35. The molecule has 238 valence electrons. The molecule has 0 fully saturated rings. The van der Waals surface area contributed by atoms with Crippen molar-refractivity contribution in [2.45, 2.75) is 108 Å². The van der Waals surface area contributed by atoms with E-state index in [0.29, 0.717) is 56.8 Å². The number of phenolic OH excluding ortho intramolecular Hbond substituents is 1. The van der Waals surface area contributed by atoms with Gasteiger partial charge in [-0.25, -0.2) is 4.98 Å². The Labute approximate surface area is 256 Å². The fourth-order valence-electron chi connectivity index (χ4n) is 5.37. The Hall–Kier alpha value is -3.11. The second kappa shape index (κ2) is 18.5. The summed E-state index contributed by atoms with van der Waals surface area (Å²) < 4.78 is 6.03. The molecule has 0 unspecified atom stereocenters. The number of rotatable bonds is 21. The van der Waals surface area contributed by atoms with Crippen LogP contribution in [0.3, 0.4) is 0 Å². The summed E-state index contributed by atoms with van der Waals surface area (Å²) in [4.78, 5) is 8.52. The number of benzene rings is 1. The van der Waals surface area contributed by atoms with E-state index < -0.39 is 18.3 Å². The van der Waals surface area contributed by atoms with Gasteiger partial charge in [-0.15, -0.1) is 0 Å². The molecule has 0 saturated heterocycles. The third-order valence-electron chi connectivity index (χ3n) is 7.86. The highest BCUT2D eigenvalue weighted by atomic mass is 16.5. The minimum absolute atomic E-state index is 0.0731. The highest BCUT2D eigenvalue weighted by Crippen LogP contribution is 2.30. The molecule has 0 bridgehead atoms. The molecule has 2 heterocycles. The highest BCUT2D eigenvalue weighted by molar-refractivity contribution is 5.42. The van der Waals surface area contributed by atoms with Gasteiger partial charge in [0, 0.05) is 18.8 Å². The first-order chi connectivity index (χ1) is 20.7. The summed E-state index contributed by atoms with van der Waals surface area (Å²) in [5, 5.41) is 44.6. The summed E-state index contributed by atoms with van der Waals surface area (Å²) in [5.41, 5.74) is 8.95. The molecule has 0 aliphatic heterocycles. The van der Waals surface area contributed by atoms with Crippen molar-refractivity contribution in [1.29, 1.82) is 0 Å². The lowest BCUT2D eigenvalue weighted by molar-refractivity contribution is 0.0678. The van der Waals surface area contributed by atoms with Crippen LogP contribution in [-0.4, -0.2) is 62.9 Å². The van der Waals surface area contributed by atoms with Gasteiger partial charge in [0.25, 0.3) is 0 Å². The first-order valence-electron chi connectivity index (χ1n) is 15.7. The molecular formula is C34H51N4O5-. The third-order valence-corrected chi connectivity index (χ3v) is 7.86. The monoisotopic (exact) mass is 595 g/mol. The number of aryl methyl sites for hydroxylation is 1. The maximum absolute atomic E-state index is 10.6. The average Bonchev–Trinajstić information content (AvgIpc) is 3.49. The smallest absolute Gasteiger partial charge is 0.161 e. The number of pyridine rings is 1. The van der Waals surface area contributed by atoms with Crippen molar-refractivity contribution in [3.8, 4) is 11.5 Å². The van der Waals surface area contributed by atoms with E-state index in [1.54, 1.807) is 25.4 Å². The van der Waals surface area contributed by atoms with Crippen LogP contribution >= 0.6 is 0 Å². The number of ether oxygens (including phenoxy) is 1. The van der Waals surface area contributed by atoms with Crippen molar-refractivity contribution in [1.82, 2.24) is 15.3 Å². The minimum Gasteiger partial charge on any atom is -0.668 e. The Morgan fingerprint density at radius 2 is 1.81 bits per heavy atom. The summed E-state index contributed by atoms with van der Waals surface area (Å²) in [5.74, 6) is 1.08. The highest BCUT2D eigenvalue weighted by Gasteiger charge is 2.17. The van der Waals surface area contributed by atoms with Gasteiger partial charge in [0.05, 0.1) is 24.9 Å². The SMILES string of the molecule is CCCC[C@H](CC[C@H](O)C[C@H](O)CCc1ccc(O)c(OCC[C@H](Cc2ccc[n-]2)c2ccnc(N)c2)c1)NC[C@H](C)O. The molecule has 0 saturated carbocycles. The molecule has 2 aromatic heterocycles. The van der Waals surface area contributed by atoms with Gasteiger partial charge in [-0.2, -0.15) is 11.9 Å². The lowest BCUT2D eigenvalue weighted by Crippen LogP contribution is -2.35. The van der Waals surface area contributed by atoms with Gasteiger partial charge in [0.15, 0.2) is 11.5 Å². The summed E-state index contributed by atoms with van der Waals surface area (Å²) >= 11 is 0. The number of nitrogens with one attached hydrogen (secondary N) is 1. The summed E-state index contributed by atoms with van der Waals surface area (Å²) in [6, 6.07) is 13.3. The van der Waals surface area contributed by atoms with E-state index in [0.717, 1.165) is 48.9 Å². The number of aromatic hydroxyl groups is 1. The second-order valence-electron chi connectivity index (χ2n) is 11.7. The van der Waals surface area contributed by atoms with Crippen molar-refractivity contribution in [2.75, 3.05) is 18.9 Å². The molecular weight excluding hydrogens is 544 g/mol. The second-order valence-corrected chi connectivity index (χ2v) is 11.7. The Kier molecular flexibility index (Phi) is 14.8. The fraction of sp³-hybridized carbons (Fsp3) is 0.559. The van der Waals surface area contributed by atoms with Crippen LogP contribution < -0.4 is 20.8 Å². The van der Waals surface area contributed by atoms with Gasteiger partial charge >= 0.3 is 0 Å². The molecule has 0 aliphatic rings. The third kappa shape index (κ3) is 13.0. The fourth-order valence-corrected chi connectivity index (χ4v) is 5.37. The number of phenols is 1. The number of aliphatic hydroxyl groups excluding tert-OH is 3. The number of unbranched alkanes of at least 4 members (excludes halogenated alkanes) is 1. The molecule has 5 atom stereocenters. The molecule has 1 aromatic carbocycles. The number of nitrogen functional groups attached to an aromatic ring is 1. The lowest BCUT2D eigenvalue weighted by Gasteiger charge is -2.22. The number of nitrogens with zero attached hydrogens (tertiary/aromatic N) is 2. The molecule has 3 aromatic rings. The van der Waals surface area contributed by atoms with Gasteiger partial charge in [0.1, 0.15) is 5.82 Å². The van der Waals surface area contributed by atoms with E-state index in [1.165, 1.54) is 0 Å². The van der Waals surface area contributed by atoms with Gasteiger partial charge < -0.3 is 41.2 Å². The number of anilines is 1. The maximum Gasteiger partial charge on any atom is 0.161 e. The number of hydrogen-bond donors (Lipinski definition) is 6.